The Kier molecular flexibility index (Phi) is 7.99. The minimum Gasteiger partial charge on any atom is -0.351 e. The van der Waals surface area contributed by atoms with Crippen molar-refractivity contribution in [3.63, 3.8) is 0 Å². The molecular formula is C21H24FN5O3S2. The molecule has 0 radical (unpaired) electrons. The third-order valence-electron chi connectivity index (χ3n) is 4.70. The monoisotopic (exact) mass is 477 g/mol. The van der Waals surface area contributed by atoms with E-state index in [4.69, 9.17) is 0 Å². The Morgan fingerprint density at radius 1 is 1.22 bits per heavy atom. The van der Waals surface area contributed by atoms with Crippen LogP contribution in [0.2, 0.25) is 0 Å². The highest BCUT2D eigenvalue weighted by Gasteiger charge is 2.27. The third-order valence-corrected chi connectivity index (χ3v) is 6.85. The first kappa shape index (κ1) is 23.9. The topological polar surface area (TPSA) is 106 Å². The summed E-state index contributed by atoms with van der Waals surface area (Å²) in [5.41, 5.74) is 0.789. The van der Waals surface area contributed by atoms with Crippen LogP contribution in [0.1, 0.15) is 17.8 Å². The molecule has 2 N–H and O–H groups in total. The van der Waals surface area contributed by atoms with E-state index in [1.165, 1.54) is 23.9 Å². The number of pyridine rings is 1. The van der Waals surface area contributed by atoms with Gasteiger partial charge in [-0.05, 0) is 55.2 Å². The number of nitrogens with one attached hydrogen (secondary N) is 2. The number of amides is 1. The summed E-state index contributed by atoms with van der Waals surface area (Å²) >= 11 is 1.48. The molecule has 0 saturated carbocycles. The zero-order valence-electron chi connectivity index (χ0n) is 17.7. The van der Waals surface area contributed by atoms with Crippen LogP contribution in [0.5, 0.6) is 0 Å². The van der Waals surface area contributed by atoms with E-state index in [0.29, 0.717) is 11.6 Å². The Bertz CT molecular complexity index is 1180. The molecule has 0 bridgehead atoms. The molecule has 0 aliphatic rings. The van der Waals surface area contributed by atoms with Gasteiger partial charge in [0.15, 0.2) is 0 Å². The van der Waals surface area contributed by atoms with E-state index in [0.717, 1.165) is 23.5 Å². The van der Waals surface area contributed by atoms with Gasteiger partial charge in [-0.1, -0.05) is 12.1 Å². The molecule has 8 nitrogen and oxygen atoms in total. The molecule has 1 aromatic carbocycles. The summed E-state index contributed by atoms with van der Waals surface area (Å²) in [6.45, 7) is 2.04. The Morgan fingerprint density at radius 2 is 2.00 bits per heavy atom. The number of hydrogen-bond acceptors (Lipinski definition) is 6. The predicted octanol–water partition coefficient (Wildman–Crippen LogP) is 2.43. The number of nitrogens with zero attached hydrogens (tertiary/aromatic N) is 3. The number of carbonyl (C=O) groups is 1. The van der Waals surface area contributed by atoms with Gasteiger partial charge < -0.3 is 5.32 Å². The van der Waals surface area contributed by atoms with Crippen LogP contribution in [0.15, 0.2) is 59.9 Å². The van der Waals surface area contributed by atoms with Crippen molar-refractivity contribution >= 4 is 27.7 Å². The van der Waals surface area contributed by atoms with Crippen LogP contribution in [0.3, 0.4) is 0 Å². The third kappa shape index (κ3) is 5.93. The summed E-state index contributed by atoms with van der Waals surface area (Å²) in [5, 5.41) is 2.76. The zero-order valence-corrected chi connectivity index (χ0v) is 19.3. The van der Waals surface area contributed by atoms with Crippen LogP contribution in [0, 0.1) is 12.7 Å². The second-order valence-electron chi connectivity index (χ2n) is 6.97. The van der Waals surface area contributed by atoms with Gasteiger partial charge in [0.1, 0.15) is 28.4 Å². The summed E-state index contributed by atoms with van der Waals surface area (Å²) in [6.07, 6.45) is 7.20. The predicted molar refractivity (Wildman–Crippen MR) is 121 cm³/mol. The molecule has 2 heterocycles. The van der Waals surface area contributed by atoms with E-state index in [1.807, 2.05) is 23.8 Å². The molecule has 11 heteroatoms. The number of rotatable bonds is 10. The first-order chi connectivity index (χ1) is 15.3. The largest absolute Gasteiger partial charge is 0.351 e. The van der Waals surface area contributed by atoms with Crippen LogP contribution in [-0.4, -0.2) is 46.9 Å². The van der Waals surface area contributed by atoms with Gasteiger partial charge in [-0.25, -0.2) is 22.8 Å². The highest BCUT2D eigenvalue weighted by atomic mass is 32.2. The van der Waals surface area contributed by atoms with Gasteiger partial charge in [0.25, 0.3) is 0 Å². The number of benzene rings is 1. The quantitative estimate of drug-likeness (QED) is 0.465. The summed E-state index contributed by atoms with van der Waals surface area (Å²) in [5.74, 6) is 0.626. The maximum Gasteiger partial charge on any atom is 0.244 e. The van der Waals surface area contributed by atoms with E-state index >= 15 is 0 Å². The lowest BCUT2D eigenvalue weighted by Gasteiger charge is -2.18. The summed E-state index contributed by atoms with van der Waals surface area (Å²) in [7, 11) is -4.21. The molecule has 32 heavy (non-hydrogen) atoms. The molecule has 1 amide bonds. The van der Waals surface area contributed by atoms with E-state index in [2.05, 4.69) is 20.0 Å². The van der Waals surface area contributed by atoms with E-state index in [-0.39, 0.29) is 13.0 Å². The summed E-state index contributed by atoms with van der Waals surface area (Å²) in [6, 6.07) is 7.60. The Balaban J connectivity index is 1.72. The number of carbonyl (C=O) groups excluding carboxylic acids is 1. The normalized spacial score (nSPS) is 12.5. The van der Waals surface area contributed by atoms with Crippen molar-refractivity contribution in [1.29, 1.82) is 0 Å². The van der Waals surface area contributed by atoms with Crippen molar-refractivity contribution in [1.82, 2.24) is 24.6 Å². The van der Waals surface area contributed by atoms with Crippen LogP contribution in [-0.2, 0) is 21.4 Å². The average Bonchev–Trinajstić information content (AvgIpc) is 3.21. The van der Waals surface area contributed by atoms with Gasteiger partial charge in [-0.3, -0.25) is 9.36 Å². The van der Waals surface area contributed by atoms with E-state index < -0.39 is 32.7 Å². The molecule has 0 saturated heterocycles. The number of thioether (sulfide) groups is 1. The van der Waals surface area contributed by atoms with E-state index in [9.17, 15) is 17.6 Å². The molecule has 3 aromatic rings. The van der Waals surface area contributed by atoms with Crippen LogP contribution in [0.4, 0.5) is 4.39 Å². The number of aromatic nitrogens is 3. The minimum atomic E-state index is -4.21. The summed E-state index contributed by atoms with van der Waals surface area (Å²) < 4.78 is 43.5. The smallest absolute Gasteiger partial charge is 0.244 e. The number of halogens is 1. The molecule has 0 aliphatic heterocycles. The maximum atomic E-state index is 14.0. The lowest BCUT2D eigenvalue weighted by atomic mass is 10.2. The molecule has 3 rings (SSSR count). The SMILES string of the molecule is CSCCC(NS(=O)(=O)c1ccccc1F)C(=O)NCc1ccnc(-n2ccnc2C)c1. The van der Waals surface area contributed by atoms with Gasteiger partial charge in [0.2, 0.25) is 15.9 Å². The fourth-order valence-electron chi connectivity index (χ4n) is 3.03. The molecule has 1 atom stereocenters. The first-order valence-corrected chi connectivity index (χ1v) is 12.7. The molecule has 1 unspecified atom stereocenters. The Labute approximate surface area is 190 Å². The zero-order chi connectivity index (χ0) is 23.1. The number of aryl methyl sites for hydroxylation is 1. The summed E-state index contributed by atoms with van der Waals surface area (Å²) in [4.78, 5) is 20.8. The fraction of sp³-hybridized carbons (Fsp3) is 0.286. The highest BCUT2D eigenvalue weighted by molar-refractivity contribution is 7.98. The van der Waals surface area contributed by atoms with Gasteiger partial charge >= 0.3 is 0 Å². The minimum absolute atomic E-state index is 0.180. The van der Waals surface area contributed by atoms with Gasteiger partial charge in [-0.2, -0.15) is 16.5 Å². The van der Waals surface area contributed by atoms with Crippen molar-refractivity contribution in [2.45, 2.75) is 30.8 Å². The van der Waals surface area contributed by atoms with Gasteiger partial charge in [0.05, 0.1) is 0 Å². The molecular weight excluding hydrogens is 453 g/mol. The Hall–Kier alpha value is -2.76. The van der Waals surface area contributed by atoms with Crippen molar-refractivity contribution in [3.8, 4) is 5.82 Å². The Morgan fingerprint density at radius 3 is 2.69 bits per heavy atom. The van der Waals surface area contributed by atoms with Gasteiger partial charge in [-0.15, -0.1) is 0 Å². The second kappa shape index (κ2) is 10.7. The lowest BCUT2D eigenvalue weighted by Crippen LogP contribution is -2.46. The number of imidazole rings is 1. The maximum absolute atomic E-state index is 14.0. The molecule has 170 valence electrons. The van der Waals surface area contributed by atoms with E-state index in [1.54, 1.807) is 24.7 Å². The molecule has 0 aliphatic carbocycles. The standard InChI is InChI=1S/C21H24FN5O3S2/c1-15-23-10-11-27(15)20-13-16(7-9-24-20)14-25-21(28)18(8-12-31-2)26-32(29,30)19-6-4-3-5-17(19)22/h3-7,9-11,13,18,26H,8,12,14H2,1-2H3,(H,25,28). The molecule has 2 aromatic heterocycles. The molecule has 0 fully saturated rings. The van der Waals surface area contributed by atoms with Crippen molar-refractivity contribution < 1.29 is 17.6 Å². The van der Waals surface area contributed by atoms with Crippen LogP contribution >= 0.6 is 11.8 Å². The number of sulfonamides is 1. The average molecular weight is 478 g/mol. The highest BCUT2D eigenvalue weighted by Crippen LogP contribution is 2.15. The number of hydrogen-bond donors (Lipinski definition) is 2. The van der Waals surface area contributed by atoms with Gasteiger partial charge in [0, 0.05) is 25.1 Å². The fourth-order valence-corrected chi connectivity index (χ4v) is 4.81. The molecule has 0 spiro atoms. The van der Waals surface area contributed by atoms with Crippen molar-refractivity contribution in [2.75, 3.05) is 12.0 Å². The lowest BCUT2D eigenvalue weighted by molar-refractivity contribution is -0.122. The van der Waals surface area contributed by atoms with Crippen molar-refractivity contribution in [2.24, 2.45) is 0 Å². The first-order valence-electron chi connectivity index (χ1n) is 9.80. The van der Waals surface area contributed by atoms with Crippen molar-refractivity contribution in [3.05, 3.63) is 72.2 Å². The van der Waals surface area contributed by atoms with Crippen LogP contribution in [0.25, 0.3) is 5.82 Å². The second-order valence-corrected chi connectivity index (χ2v) is 9.64. The van der Waals surface area contributed by atoms with Crippen LogP contribution < -0.4 is 10.0 Å².